The highest BCUT2D eigenvalue weighted by atomic mass is 16.6. The molecule has 3 aliphatic rings. The fraction of sp³-hybridized carbons (Fsp3) is 0.800. The summed E-state index contributed by atoms with van der Waals surface area (Å²) in [6.07, 6.45) is -0.695. The molecule has 0 amide bonds. The van der Waals surface area contributed by atoms with Gasteiger partial charge in [0, 0.05) is 17.8 Å². The van der Waals surface area contributed by atoms with E-state index < -0.39 is 47.1 Å². The molecule has 6 nitrogen and oxygen atoms in total. The molecule has 0 aromatic rings. The van der Waals surface area contributed by atoms with Crippen molar-refractivity contribution in [3.63, 3.8) is 0 Å². The van der Waals surface area contributed by atoms with Crippen LogP contribution in [0.4, 0.5) is 0 Å². The maximum atomic E-state index is 12.3. The molecule has 0 radical (unpaired) electrons. The molecule has 0 bridgehead atoms. The highest BCUT2D eigenvalue weighted by Crippen LogP contribution is 2.60. The average Bonchev–Trinajstić information content (AvgIpc) is 2.83. The number of carbonyl (C=O) groups is 2. The van der Waals surface area contributed by atoms with E-state index in [-0.39, 0.29) is 18.3 Å². The first-order valence-electron chi connectivity index (χ1n) is 9.51. The largest absolute Gasteiger partial charge is 0.462 e. The van der Waals surface area contributed by atoms with Gasteiger partial charge in [0.05, 0.1) is 12.0 Å². The third kappa shape index (κ3) is 2.61. The van der Waals surface area contributed by atoms with E-state index in [1.54, 1.807) is 13.8 Å². The van der Waals surface area contributed by atoms with E-state index in [2.05, 4.69) is 6.58 Å². The van der Waals surface area contributed by atoms with Gasteiger partial charge in [-0.15, -0.1) is 0 Å². The normalized spacial score (nSPS) is 45.1. The van der Waals surface area contributed by atoms with Crippen LogP contribution >= 0.6 is 0 Å². The van der Waals surface area contributed by atoms with Crippen LogP contribution in [-0.2, 0) is 19.1 Å². The Morgan fingerprint density at radius 2 is 2.12 bits per heavy atom. The minimum Gasteiger partial charge on any atom is -0.462 e. The molecule has 2 aliphatic carbocycles. The van der Waals surface area contributed by atoms with Gasteiger partial charge in [0.1, 0.15) is 17.8 Å². The van der Waals surface area contributed by atoms with Crippen LogP contribution in [-0.4, -0.2) is 46.1 Å². The van der Waals surface area contributed by atoms with Gasteiger partial charge in [0.15, 0.2) is 0 Å². The van der Waals surface area contributed by atoms with Crippen LogP contribution in [0.15, 0.2) is 12.2 Å². The number of aliphatic hydroxyl groups is 2. The third-order valence-corrected chi connectivity index (χ3v) is 6.71. The summed E-state index contributed by atoms with van der Waals surface area (Å²) in [5.74, 6) is -1.52. The Hall–Kier alpha value is -1.40. The molecule has 146 valence electrons. The molecule has 2 N–H and O–H groups in total. The minimum atomic E-state index is -1.52. The highest BCUT2D eigenvalue weighted by molar-refractivity contribution is 5.75. The third-order valence-electron chi connectivity index (χ3n) is 6.71. The van der Waals surface area contributed by atoms with Crippen molar-refractivity contribution in [2.24, 2.45) is 23.2 Å². The second-order valence-electron chi connectivity index (χ2n) is 8.90. The molecule has 26 heavy (non-hydrogen) atoms. The van der Waals surface area contributed by atoms with Crippen molar-refractivity contribution in [1.82, 2.24) is 0 Å². The number of fused-ring (bicyclic) bond motifs is 3. The molecule has 0 aromatic heterocycles. The van der Waals surface area contributed by atoms with Crippen LogP contribution < -0.4 is 0 Å². The van der Waals surface area contributed by atoms with Gasteiger partial charge in [-0.05, 0) is 30.8 Å². The Balaban J connectivity index is 1.96. The number of carbonyl (C=O) groups excluding carboxylic acids is 2. The van der Waals surface area contributed by atoms with Crippen molar-refractivity contribution >= 4 is 11.9 Å². The van der Waals surface area contributed by atoms with E-state index in [0.717, 1.165) is 0 Å². The number of hydrogen-bond donors (Lipinski definition) is 2. The van der Waals surface area contributed by atoms with E-state index in [1.165, 1.54) is 0 Å². The van der Waals surface area contributed by atoms with Gasteiger partial charge in [-0.25, -0.2) is 0 Å². The first kappa shape index (κ1) is 19.4. The number of hydrogen-bond acceptors (Lipinski definition) is 6. The molecule has 0 unspecified atom stereocenters. The van der Waals surface area contributed by atoms with Crippen LogP contribution in [0.3, 0.4) is 0 Å². The van der Waals surface area contributed by atoms with Crippen molar-refractivity contribution < 1.29 is 29.3 Å². The zero-order valence-corrected chi connectivity index (χ0v) is 16.0. The number of esters is 2. The molecule has 7 atom stereocenters. The van der Waals surface area contributed by atoms with Crippen LogP contribution in [0, 0.1) is 23.2 Å². The number of ether oxygens (including phenoxy) is 2. The lowest BCUT2D eigenvalue weighted by atomic mass is 9.50. The Morgan fingerprint density at radius 1 is 1.46 bits per heavy atom. The molecule has 0 spiro atoms. The summed E-state index contributed by atoms with van der Waals surface area (Å²) >= 11 is 0. The quantitative estimate of drug-likeness (QED) is 0.586. The smallest absolute Gasteiger partial charge is 0.309 e. The lowest BCUT2D eigenvalue weighted by Crippen LogP contribution is -2.70. The van der Waals surface area contributed by atoms with Gasteiger partial charge < -0.3 is 19.7 Å². The van der Waals surface area contributed by atoms with Crippen molar-refractivity contribution in [2.45, 2.75) is 77.3 Å². The van der Waals surface area contributed by atoms with Gasteiger partial charge >= 0.3 is 11.9 Å². The molecule has 6 heteroatoms. The number of aliphatic hydroxyl groups excluding tert-OH is 1. The lowest BCUT2D eigenvalue weighted by Gasteiger charge is -2.60. The monoisotopic (exact) mass is 366 g/mol. The van der Waals surface area contributed by atoms with Gasteiger partial charge in [0.2, 0.25) is 0 Å². The molecule has 1 saturated heterocycles. The van der Waals surface area contributed by atoms with Gasteiger partial charge in [-0.3, -0.25) is 9.59 Å². The summed E-state index contributed by atoms with van der Waals surface area (Å²) in [5, 5.41) is 22.5. The standard InChI is InChI=1S/C20H30O6/c1-10(2)8-15(22)25-14-7-6-11(3)20(24)17-16(12(4)18(23)26-17)13(21)9-19(14,20)5/h10,12-14,16-17,21,24H,3,6-9H2,1-2,4-5H3/t12-,13-,14-,16+,17-,19-,20+/m0/s1. The summed E-state index contributed by atoms with van der Waals surface area (Å²) in [6.45, 7) is 11.5. The maximum Gasteiger partial charge on any atom is 0.309 e. The van der Waals surface area contributed by atoms with E-state index in [9.17, 15) is 19.8 Å². The lowest BCUT2D eigenvalue weighted by molar-refractivity contribution is -0.243. The summed E-state index contributed by atoms with van der Waals surface area (Å²) in [4.78, 5) is 24.4. The minimum absolute atomic E-state index is 0.172. The van der Waals surface area contributed by atoms with Gasteiger partial charge in [-0.2, -0.15) is 0 Å². The Morgan fingerprint density at radius 3 is 2.73 bits per heavy atom. The first-order valence-corrected chi connectivity index (χ1v) is 9.51. The van der Waals surface area contributed by atoms with Crippen LogP contribution in [0.25, 0.3) is 0 Å². The van der Waals surface area contributed by atoms with Crippen molar-refractivity contribution in [2.75, 3.05) is 0 Å². The molecule has 1 heterocycles. The maximum absolute atomic E-state index is 12.3. The molecular formula is C20H30O6. The molecule has 3 rings (SSSR count). The summed E-state index contributed by atoms with van der Waals surface area (Å²) < 4.78 is 11.3. The fourth-order valence-corrected chi connectivity index (χ4v) is 5.21. The van der Waals surface area contributed by atoms with Gasteiger partial charge in [0.25, 0.3) is 0 Å². The van der Waals surface area contributed by atoms with E-state index in [1.807, 2.05) is 13.8 Å². The Kier molecular flexibility index (Phi) is 4.72. The summed E-state index contributed by atoms with van der Waals surface area (Å²) in [6, 6.07) is 0. The Labute approximate surface area is 154 Å². The predicted molar refractivity (Wildman–Crippen MR) is 93.9 cm³/mol. The summed E-state index contributed by atoms with van der Waals surface area (Å²) in [7, 11) is 0. The topological polar surface area (TPSA) is 93.1 Å². The zero-order valence-electron chi connectivity index (χ0n) is 16.0. The van der Waals surface area contributed by atoms with E-state index in [4.69, 9.17) is 9.47 Å². The number of rotatable bonds is 3. The zero-order chi connectivity index (χ0) is 19.4. The van der Waals surface area contributed by atoms with Crippen molar-refractivity contribution in [3.05, 3.63) is 12.2 Å². The first-order chi connectivity index (χ1) is 12.0. The molecule has 0 aromatic carbocycles. The van der Waals surface area contributed by atoms with Crippen LogP contribution in [0.2, 0.25) is 0 Å². The SMILES string of the molecule is C=C1CC[C@H](OC(=O)CC(C)C)[C@]2(C)C[C@H](O)[C@H]3[C@H](C)C(=O)O[C@@H]3[C@]12O. The average molecular weight is 366 g/mol. The van der Waals surface area contributed by atoms with Crippen LogP contribution in [0.5, 0.6) is 0 Å². The van der Waals surface area contributed by atoms with E-state index >= 15 is 0 Å². The fourth-order valence-electron chi connectivity index (χ4n) is 5.21. The summed E-state index contributed by atoms with van der Waals surface area (Å²) in [5.41, 5.74) is -1.89. The second kappa shape index (κ2) is 6.34. The predicted octanol–water partition coefficient (Wildman–Crippen LogP) is 1.97. The van der Waals surface area contributed by atoms with Crippen molar-refractivity contribution in [1.29, 1.82) is 0 Å². The highest BCUT2D eigenvalue weighted by Gasteiger charge is 2.70. The molecule has 3 fully saturated rings. The molecule has 1 aliphatic heterocycles. The van der Waals surface area contributed by atoms with Gasteiger partial charge in [-0.1, -0.05) is 34.3 Å². The molecule has 2 saturated carbocycles. The molecular weight excluding hydrogens is 336 g/mol. The van der Waals surface area contributed by atoms with Crippen LogP contribution in [0.1, 0.15) is 53.4 Å². The Bertz CT molecular complexity index is 628. The van der Waals surface area contributed by atoms with Crippen molar-refractivity contribution in [3.8, 4) is 0 Å². The van der Waals surface area contributed by atoms with E-state index in [0.29, 0.717) is 24.8 Å². The second-order valence-corrected chi connectivity index (χ2v) is 8.90.